The molecular weight excluding hydrogens is 407 g/mol. The molecule has 3 aromatic carbocycles. The maximum Gasteiger partial charge on any atom is 0.315 e. The van der Waals surface area contributed by atoms with Crippen molar-refractivity contribution in [3.63, 3.8) is 0 Å². The Labute approximate surface area is 178 Å². The highest BCUT2D eigenvalue weighted by Crippen LogP contribution is 2.32. The van der Waals surface area contributed by atoms with E-state index in [1.165, 1.54) is 0 Å². The second kappa shape index (κ2) is 8.52. The van der Waals surface area contributed by atoms with E-state index in [0.29, 0.717) is 27.2 Å². The van der Waals surface area contributed by atoms with Crippen LogP contribution in [0.2, 0.25) is 10.2 Å². The van der Waals surface area contributed by atoms with Crippen LogP contribution in [0.15, 0.2) is 84.9 Å². The summed E-state index contributed by atoms with van der Waals surface area (Å²) in [6.45, 7) is 0. The van der Waals surface area contributed by atoms with Crippen LogP contribution in [0.5, 0.6) is 5.75 Å². The fraction of sp³-hybridized carbons (Fsp3) is 0.0435. The largest absolute Gasteiger partial charge is 0.426 e. The third kappa shape index (κ3) is 4.34. The number of rotatable bonds is 5. The summed E-state index contributed by atoms with van der Waals surface area (Å²) >= 11 is 12.7. The molecule has 0 spiro atoms. The van der Waals surface area contributed by atoms with Crippen LogP contribution in [0.25, 0.3) is 16.9 Å². The van der Waals surface area contributed by atoms with Gasteiger partial charge in [-0.2, -0.15) is 5.10 Å². The number of nitrogens with zero attached hydrogens (tertiary/aromatic N) is 2. The Kier molecular flexibility index (Phi) is 5.65. The molecule has 0 saturated carbocycles. The Morgan fingerprint density at radius 2 is 1.48 bits per heavy atom. The van der Waals surface area contributed by atoms with Crippen molar-refractivity contribution in [1.82, 2.24) is 9.78 Å². The van der Waals surface area contributed by atoms with Gasteiger partial charge in [0.25, 0.3) is 0 Å². The van der Waals surface area contributed by atoms with Crippen molar-refractivity contribution in [1.29, 1.82) is 0 Å². The molecule has 4 aromatic rings. The van der Waals surface area contributed by atoms with Gasteiger partial charge >= 0.3 is 5.97 Å². The van der Waals surface area contributed by atoms with Gasteiger partial charge < -0.3 is 4.74 Å². The van der Waals surface area contributed by atoms with E-state index in [0.717, 1.165) is 11.3 Å². The Morgan fingerprint density at radius 3 is 2.14 bits per heavy atom. The van der Waals surface area contributed by atoms with Gasteiger partial charge in [0.05, 0.1) is 17.8 Å². The predicted molar refractivity (Wildman–Crippen MR) is 115 cm³/mol. The predicted octanol–water partition coefficient (Wildman–Crippen LogP) is 5.99. The van der Waals surface area contributed by atoms with Crippen molar-refractivity contribution in [2.45, 2.75) is 6.42 Å². The second-order valence-electron chi connectivity index (χ2n) is 6.34. The quantitative estimate of drug-likeness (QED) is 0.292. The van der Waals surface area contributed by atoms with Gasteiger partial charge in [0.2, 0.25) is 0 Å². The first-order chi connectivity index (χ1) is 14.1. The van der Waals surface area contributed by atoms with Crippen LogP contribution in [0, 0.1) is 0 Å². The van der Waals surface area contributed by atoms with Gasteiger partial charge in [0.1, 0.15) is 10.9 Å². The summed E-state index contributed by atoms with van der Waals surface area (Å²) in [4.78, 5) is 12.6. The standard InChI is InChI=1S/C23H16Cl2N2O2/c24-17-13-11-16(12-14-17)22-20(15-21(28)29-19-9-5-2-6-10-19)23(25)27(26-22)18-7-3-1-4-8-18/h1-14H,15H2. The minimum absolute atomic E-state index is 0.0154. The Bertz CT molecular complexity index is 1130. The maximum atomic E-state index is 12.6. The van der Waals surface area contributed by atoms with E-state index in [-0.39, 0.29) is 6.42 Å². The first-order valence-electron chi connectivity index (χ1n) is 8.96. The van der Waals surface area contributed by atoms with Crippen molar-refractivity contribution in [3.8, 4) is 22.7 Å². The molecule has 0 bridgehead atoms. The van der Waals surface area contributed by atoms with Crippen molar-refractivity contribution in [2.24, 2.45) is 0 Å². The zero-order valence-corrected chi connectivity index (χ0v) is 16.8. The zero-order chi connectivity index (χ0) is 20.2. The van der Waals surface area contributed by atoms with E-state index in [2.05, 4.69) is 5.10 Å². The number of carbonyl (C=O) groups is 1. The van der Waals surface area contributed by atoms with Gasteiger partial charge in [-0.1, -0.05) is 71.7 Å². The minimum atomic E-state index is -0.416. The molecule has 0 amide bonds. The lowest BCUT2D eigenvalue weighted by atomic mass is 10.1. The summed E-state index contributed by atoms with van der Waals surface area (Å²) in [7, 11) is 0. The van der Waals surface area contributed by atoms with Gasteiger partial charge in [-0.15, -0.1) is 0 Å². The van der Waals surface area contributed by atoms with Crippen LogP contribution < -0.4 is 4.74 Å². The van der Waals surface area contributed by atoms with E-state index < -0.39 is 5.97 Å². The third-order valence-electron chi connectivity index (χ3n) is 4.34. The molecule has 0 unspecified atom stereocenters. The maximum absolute atomic E-state index is 12.6. The smallest absolute Gasteiger partial charge is 0.315 e. The highest BCUT2D eigenvalue weighted by Gasteiger charge is 2.22. The number of ether oxygens (including phenoxy) is 1. The first-order valence-corrected chi connectivity index (χ1v) is 9.72. The van der Waals surface area contributed by atoms with Crippen LogP contribution in [0.4, 0.5) is 0 Å². The average molecular weight is 423 g/mol. The van der Waals surface area contributed by atoms with Gasteiger partial charge in [0.15, 0.2) is 0 Å². The van der Waals surface area contributed by atoms with Gasteiger partial charge in [0, 0.05) is 16.1 Å². The number of halogens is 2. The van der Waals surface area contributed by atoms with Crippen LogP contribution >= 0.6 is 23.2 Å². The molecule has 144 valence electrons. The SMILES string of the molecule is O=C(Cc1c(-c2ccc(Cl)cc2)nn(-c2ccccc2)c1Cl)Oc1ccccc1. The van der Waals surface area contributed by atoms with E-state index >= 15 is 0 Å². The molecule has 29 heavy (non-hydrogen) atoms. The van der Waals surface area contributed by atoms with E-state index in [4.69, 9.17) is 27.9 Å². The monoisotopic (exact) mass is 422 g/mol. The van der Waals surface area contributed by atoms with E-state index in [9.17, 15) is 4.79 Å². The van der Waals surface area contributed by atoms with Crippen LogP contribution in [0.1, 0.15) is 5.56 Å². The van der Waals surface area contributed by atoms with Gasteiger partial charge in [-0.25, -0.2) is 4.68 Å². The van der Waals surface area contributed by atoms with Gasteiger partial charge in [-0.05, 0) is 36.4 Å². The molecule has 0 saturated heterocycles. The Balaban J connectivity index is 1.73. The van der Waals surface area contributed by atoms with Crippen LogP contribution in [-0.4, -0.2) is 15.7 Å². The number of hydrogen-bond acceptors (Lipinski definition) is 3. The summed E-state index contributed by atoms with van der Waals surface area (Å²) < 4.78 is 7.06. The molecule has 0 radical (unpaired) electrons. The number of hydrogen-bond donors (Lipinski definition) is 0. The van der Waals surface area contributed by atoms with Gasteiger partial charge in [-0.3, -0.25) is 4.79 Å². The molecule has 0 fully saturated rings. The lowest BCUT2D eigenvalue weighted by Crippen LogP contribution is -2.11. The lowest BCUT2D eigenvalue weighted by Gasteiger charge is -2.06. The highest BCUT2D eigenvalue weighted by atomic mass is 35.5. The topological polar surface area (TPSA) is 44.1 Å². The summed E-state index contributed by atoms with van der Waals surface area (Å²) in [6.07, 6.45) is -0.0154. The molecule has 1 aromatic heterocycles. The van der Waals surface area contributed by atoms with Crippen molar-refractivity contribution in [2.75, 3.05) is 0 Å². The fourth-order valence-corrected chi connectivity index (χ4v) is 3.38. The molecule has 0 aliphatic carbocycles. The van der Waals surface area contributed by atoms with Crippen LogP contribution in [0.3, 0.4) is 0 Å². The Morgan fingerprint density at radius 1 is 0.862 bits per heavy atom. The van der Waals surface area contributed by atoms with Crippen LogP contribution in [-0.2, 0) is 11.2 Å². The third-order valence-corrected chi connectivity index (χ3v) is 4.98. The zero-order valence-electron chi connectivity index (χ0n) is 15.3. The summed E-state index contributed by atoms with van der Waals surface area (Å²) in [5.74, 6) is 0.0676. The molecule has 1 heterocycles. The molecular formula is C23H16Cl2N2O2. The lowest BCUT2D eigenvalue weighted by molar-refractivity contribution is -0.133. The molecule has 0 aliphatic rings. The van der Waals surface area contributed by atoms with Crippen molar-refractivity contribution in [3.05, 3.63) is 101 Å². The number of benzene rings is 3. The number of esters is 1. The molecule has 0 aliphatic heterocycles. The summed E-state index contributed by atoms with van der Waals surface area (Å²) in [5.41, 5.74) is 2.82. The number of carbonyl (C=O) groups excluding carboxylic acids is 1. The molecule has 0 atom stereocenters. The van der Waals surface area contributed by atoms with E-state index in [1.807, 2.05) is 60.7 Å². The second-order valence-corrected chi connectivity index (χ2v) is 7.13. The molecule has 6 heteroatoms. The average Bonchev–Trinajstić information content (AvgIpc) is 3.06. The Hall–Kier alpha value is -3.08. The first kappa shape index (κ1) is 19.2. The minimum Gasteiger partial charge on any atom is -0.426 e. The molecule has 0 N–H and O–H groups in total. The summed E-state index contributed by atoms with van der Waals surface area (Å²) in [6, 6.07) is 25.7. The van der Waals surface area contributed by atoms with E-state index in [1.54, 1.807) is 28.9 Å². The van der Waals surface area contributed by atoms with Crippen molar-refractivity contribution < 1.29 is 9.53 Å². The summed E-state index contributed by atoms with van der Waals surface area (Å²) in [5, 5.41) is 5.66. The number of para-hydroxylation sites is 2. The molecule has 4 rings (SSSR count). The highest BCUT2D eigenvalue weighted by molar-refractivity contribution is 6.31. The normalized spacial score (nSPS) is 10.7. The molecule has 4 nitrogen and oxygen atoms in total. The number of aromatic nitrogens is 2. The van der Waals surface area contributed by atoms with Crippen molar-refractivity contribution >= 4 is 29.2 Å². The fourth-order valence-electron chi connectivity index (χ4n) is 2.97.